The van der Waals surface area contributed by atoms with E-state index in [1.165, 1.54) is 0 Å². The number of guanidine groups is 1. The molecule has 3 amide bonds. The van der Waals surface area contributed by atoms with Crippen LogP contribution in [0, 0.1) is 5.41 Å². The molecule has 6 N–H and O–H groups in total. The molecule has 1 saturated heterocycles. The predicted molar refractivity (Wildman–Crippen MR) is 114 cm³/mol. The number of benzene rings is 1. The zero-order valence-corrected chi connectivity index (χ0v) is 16.8. The molecule has 2 aliphatic heterocycles. The van der Waals surface area contributed by atoms with E-state index in [2.05, 4.69) is 16.0 Å². The molecule has 0 saturated carbocycles. The fourth-order valence-electron chi connectivity index (χ4n) is 3.60. The maximum Gasteiger partial charge on any atom is 0.254 e. The third kappa shape index (κ3) is 5.59. The Morgan fingerprint density at radius 3 is 2.63 bits per heavy atom. The third-order valence-corrected chi connectivity index (χ3v) is 5.33. The highest BCUT2D eigenvalue weighted by Gasteiger charge is 2.26. The Morgan fingerprint density at radius 2 is 1.90 bits per heavy atom. The van der Waals surface area contributed by atoms with Crippen molar-refractivity contribution in [2.45, 2.75) is 44.2 Å². The molecule has 3 rings (SSSR count). The second-order valence-corrected chi connectivity index (χ2v) is 7.52. The van der Waals surface area contributed by atoms with Gasteiger partial charge < -0.3 is 26.6 Å². The molecule has 1 fully saturated rings. The number of hydrogen-bond donors (Lipinski definition) is 5. The average molecular weight is 412 g/mol. The normalized spacial score (nSPS) is 21.9. The minimum absolute atomic E-state index is 0.0260. The van der Waals surface area contributed by atoms with Crippen LogP contribution >= 0.6 is 0 Å². The average Bonchev–Trinajstić information content (AvgIpc) is 2.72. The summed E-state index contributed by atoms with van der Waals surface area (Å²) in [5, 5.41) is 16.1. The fraction of sp³-hybridized carbons (Fsp3) is 0.429. The Hall–Kier alpha value is -3.36. The second-order valence-electron chi connectivity index (χ2n) is 7.52. The van der Waals surface area contributed by atoms with Crippen molar-refractivity contribution in [2.75, 3.05) is 18.4 Å². The first-order valence-electron chi connectivity index (χ1n) is 10.2. The Labute approximate surface area is 175 Å². The molecular weight excluding hydrogens is 384 g/mol. The molecule has 0 spiro atoms. The Morgan fingerprint density at radius 1 is 1.17 bits per heavy atom. The van der Waals surface area contributed by atoms with Crippen molar-refractivity contribution in [3.8, 4) is 0 Å². The van der Waals surface area contributed by atoms with Gasteiger partial charge in [-0.2, -0.15) is 0 Å². The highest BCUT2D eigenvalue weighted by atomic mass is 16.2. The van der Waals surface area contributed by atoms with E-state index in [0.29, 0.717) is 56.4 Å². The molecule has 9 heteroatoms. The standard InChI is InChI=1S/C21H28N6O3/c22-21(23)27-12-10-14(11-13-27)24-20(30)17-8-2-1-3-9-18(28)25-16-7-5-4-6-15(16)19(29)26-17/h1-2,4-7,14,17H,3,8-13H2,(H3,22,23)(H,24,30)(H,25,28)(H,26,29)/b2-1+. The molecule has 1 unspecified atom stereocenters. The minimum Gasteiger partial charge on any atom is -0.370 e. The monoisotopic (exact) mass is 412 g/mol. The molecule has 9 nitrogen and oxygen atoms in total. The van der Waals surface area contributed by atoms with Gasteiger partial charge in [-0.3, -0.25) is 19.8 Å². The minimum atomic E-state index is -0.720. The van der Waals surface area contributed by atoms with Gasteiger partial charge in [-0.25, -0.2) is 0 Å². The molecule has 1 atom stereocenters. The molecule has 0 radical (unpaired) electrons. The van der Waals surface area contributed by atoms with Crippen LogP contribution in [0.1, 0.15) is 42.5 Å². The van der Waals surface area contributed by atoms with E-state index >= 15 is 0 Å². The van der Waals surface area contributed by atoms with Gasteiger partial charge in [0, 0.05) is 25.6 Å². The highest BCUT2D eigenvalue weighted by Crippen LogP contribution is 2.17. The van der Waals surface area contributed by atoms with E-state index in [9.17, 15) is 14.4 Å². The number of likely N-dealkylation sites (tertiary alicyclic amines) is 1. The van der Waals surface area contributed by atoms with Crippen LogP contribution in [-0.4, -0.2) is 53.8 Å². The number of carbonyl (C=O) groups excluding carboxylic acids is 3. The smallest absolute Gasteiger partial charge is 0.254 e. The number of nitrogens with zero attached hydrogens (tertiary/aromatic N) is 1. The number of carbonyl (C=O) groups is 3. The van der Waals surface area contributed by atoms with Crippen molar-refractivity contribution < 1.29 is 14.4 Å². The molecule has 2 aliphatic rings. The lowest BCUT2D eigenvalue weighted by molar-refractivity contribution is -0.124. The maximum atomic E-state index is 12.9. The molecule has 160 valence electrons. The number of anilines is 1. The quantitative estimate of drug-likeness (QED) is 0.279. The first kappa shape index (κ1) is 21.4. The molecule has 2 heterocycles. The number of fused-ring (bicyclic) bond motifs is 1. The van der Waals surface area contributed by atoms with Gasteiger partial charge in [0.2, 0.25) is 11.8 Å². The van der Waals surface area contributed by atoms with Crippen LogP contribution in [0.5, 0.6) is 0 Å². The number of para-hydroxylation sites is 1. The van der Waals surface area contributed by atoms with Gasteiger partial charge >= 0.3 is 0 Å². The van der Waals surface area contributed by atoms with Gasteiger partial charge in [0.25, 0.3) is 5.91 Å². The summed E-state index contributed by atoms with van der Waals surface area (Å²) in [7, 11) is 0. The second kappa shape index (κ2) is 9.91. The summed E-state index contributed by atoms with van der Waals surface area (Å²) in [5.74, 6) is -0.770. The lowest BCUT2D eigenvalue weighted by atomic mass is 10.0. The number of hydrogen-bond acceptors (Lipinski definition) is 4. The van der Waals surface area contributed by atoms with Gasteiger partial charge in [0.05, 0.1) is 11.3 Å². The largest absolute Gasteiger partial charge is 0.370 e. The number of piperidine rings is 1. The lowest BCUT2D eigenvalue weighted by Gasteiger charge is -2.33. The molecular formula is C21H28N6O3. The SMILES string of the molecule is N=C(N)N1CCC(NC(=O)C2C/C=C/CCC(=O)Nc3ccccc3C(=O)N2)CC1. The topological polar surface area (TPSA) is 140 Å². The van der Waals surface area contributed by atoms with Crippen LogP contribution in [0.3, 0.4) is 0 Å². The molecule has 1 aromatic carbocycles. The van der Waals surface area contributed by atoms with Gasteiger partial charge in [-0.15, -0.1) is 0 Å². The first-order chi connectivity index (χ1) is 14.4. The molecule has 1 aromatic rings. The van der Waals surface area contributed by atoms with Crippen LogP contribution < -0.4 is 21.7 Å². The van der Waals surface area contributed by atoms with Crippen LogP contribution in [0.2, 0.25) is 0 Å². The highest BCUT2D eigenvalue weighted by molar-refractivity contribution is 6.05. The van der Waals surface area contributed by atoms with Crippen LogP contribution in [0.15, 0.2) is 36.4 Å². The summed E-state index contributed by atoms with van der Waals surface area (Å²) in [6.07, 6.45) is 6.26. The van der Waals surface area contributed by atoms with E-state index < -0.39 is 11.9 Å². The van der Waals surface area contributed by atoms with Crippen LogP contribution in [-0.2, 0) is 9.59 Å². The van der Waals surface area contributed by atoms with Crippen molar-refractivity contribution in [1.82, 2.24) is 15.5 Å². The zero-order valence-electron chi connectivity index (χ0n) is 16.8. The van der Waals surface area contributed by atoms with Crippen molar-refractivity contribution in [3.05, 3.63) is 42.0 Å². The molecule has 0 bridgehead atoms. The van der Waals surface area contributed by atoms with E-state index in [1.807, 2.05) is 12.2 Å². The van der Waals surface area contributed by atoms with E-state index in [0.717, 1.165) is 0 Å². The van der Waals surface area contributed by atoms with Gasteiger partial charge in [-0.1, -0.05) is 24.3 Å². The van der Waals surface area contributed by atoms with Crippen molar-refractivity contribution in [2.24, 2.45) is 5.73 Å². The summed E-state index contributed by atoms with van der Waals surface area (Å²) in [6, 6.07) is 6.01. The predicted octanol–water partition coefficient (Wildman–Crippen LogP) is 0.938. The van der Waals surface area contributed by atoms with Gasteiger partial charge in [-0.05, 0) is 37.8 Å². The van der Waals surface area contributed by atoms with E-state index in [1.54, 1.807) is 29.2 Å². The lowest BCUT2D eigenvalue weighted by Crippen LogP contribution is -2.53. The number of amides is 3. The summed E-state index contributed by atoms with van der Waals surface area (Å²) in [6.45, 7) is 1.23. The van der Waals surface area contributed by atoms with Crippen LogP contribution in [0.25, 0.3) is 0 Å². The number of nitrogens with one attached hydrogen (secondary N) is 4. The summed E-state index contributed by atoms with van der Waals surface area (Å²) >= 11 is 0. The number of rotatable bonds is 2. The Balaban J connectivity index is 1.70. The zero-order chi connectivity index (χ0) is 21.5. The third-order valence-electron chi connectivity index (χ3n) is 5.33. The summed E-state index contributed by atoms with van der Waals surface area (Å²) < 4.78 is 0. The van der Waals surface area contributed by atoms with E-state index in [4.69, 9.17) is 11.1 Å². The molecule has 0 aliphatic carbocycles. The maximum absolute atomic E-state index is 12.9. The van der Waals surface area contributed by atoms with Crippen LogP contribution in [0.4, 0.5) is 5.69 Å². The Kier molecular flexibility index (Phi) is 7.05. The van der Waals surface area contributed by atoms with Gasteiger partial charge in [0.1, 0.15) is 6.04 Å². The number of allylic oxidation sites excluding steroid dienone is 1. The van der Waals surface area contributed by atoms with Gasteiger partial charge in [0.15, 0.2) is 5.96 Å². The van der Waals surface area contributed by atoms with Crippen molar-refractivity contribution in [1.29, 1.82) is 5.41 Å². The number of nitrogens with two attached hydrogens (primary N) is 1. The van der Waals surface area contributed by atoms with Crippen molar-refractivity contribution >= 4 is 29.4 Å². The van der Waals surface area contributed by atoms with Crippen molar-refractivity contribution in [3.63, 3.8) is 0 Å². The first-order valence-corrected chi connectivity index (χ1v) is 10.2. The fourth-order valence-corrected chi connectivity index (χ4v) is 3.60. The Bertz CT molecular complexity index is 845. The molecule has 30 heavy (non-hydrogen) atoms. The van der Waals surface area contributed by atoms with E-state index in [-0.39, 0.29) is 23.8 Å². The summed E-state index contributed by atoms with van der Waals surface area (Å²) in [5.41, 5.74) is 6.27. The molecule has 0 aromatic heterocycles. The summed E-state index contributed by atoms with van der Waals surface area (Å²) in [4.78, 5) is 39.6.